The zero-order valence-electron chi connectivity index (χ0n) is 13.2. The molecular weight excluding hydrogens is 314 g/mol. The van der Waals surface area contributed by atoms with Gasteiger partial charge in [0.05, 0.1) is 23.3 Å². The number of amides is 1. The largest absolute Gasteiger partial charge is 0.497 e. The van der Waals surface area contributed by atoms with E-state index in [1.54, 1.807) is 38.3 Å². The molecule has 5 heteroatoms. The van der Waals surface area contributed by atoms with Gasteiger partial charge in [0, 0.05) is 13.0 Å². The monoisotopic (exact) mass is 333 g/mol. The van der Waals surface area contributed by atoms with Crippen LogP contribution in [0.15, 0.2) is 48.5 Å². The highest BCUT2D eigenvalue weighted by Gasteiger charge is 2.22. The van der Waals surface area contributed by atoms with Gasteiger partial charge in [-0.25, -0.2) is 0 Å². The molecule has 0 aromatic heterocycles. The molecule has 0 fully saturated rings. The first-order valence-electron chi connectivity index (χ1n) is 7.29. The molecule has 122 valence electrons. The lowest BCUT2D eigenvalue weighted by atomic mass is 9.96. The van der Waals surface area contributed by atoms with Crippen LogP contribution in [0.1, 0.15) is 22.8 Å². The molecule has 23 heavy (non-hydrogen) atoms. The van der Waals surface area contributed by atoms with Crippen molar-refractivity contribution >= 4 is 17.5 Å². The number of carbonyl (C=O) groups is 1. The number of hydrogen-bond acceptors (Lipinski definition) is 3. The van der Waals surface area contributed by atoms with E-state index in [-0.39, 0.29) is 12.5 Å². The highest BCUT2D eigenvalue weighted by atomic mass is 35.5. The van der Waals surface area contributed by atoms with E-state index in [9.17, 15) is 9.90 Å². The highest BCUT2D eigenvalue weighted by Crippen LogP contribution is 2.18. The first-order valence-corrected chi connectivity index (χ1v) is 7.67. The van der Waals surface area contributed by atoms with Crippen LogP contribution in [-0.2, 0) is 6.42 Å². The maximum absolute atomic E-state index is 12.1. The Balaban J connectivity index is 1.95. The van der Waals surface area contributed by atoms with Crippen LogP contribution >= 0.6 is 11.6 Å². The maximum Gasteiger partial charge on any atom is 0.252 e. The first-order chi connectivity index (χ1) is 10.9. The van der Waals surface area contributed by atoms with Gasteiger partial charge >= 0.3 is 0 Å². The van der Waals surface area contributed by atoms with E-state index in [0.29, 0.717) is 17.0 Å². The molecule has 2 rings (SSSR count). The molecule has 0 heterocycles. The first kappa shape index (κ1) is 17.3. The van der Waals surface area contributed by atoms with Crippen molar-refractivity contribution in [3.8, 4) is 5.75 Å². The van der Waals surface area contributed by atoms with Crippen LogP contribution in [0.5, 0.6) is 5.75 Å². The minimum absolute atomic E-state index is 0.128. The lowest BCUT2D eigenvalue weighted by Crippen LogP contribution is -2.42. The van der Waals surface area contributed by atoms with E-state index in [4.69, 9.17) is 16.3 Å². The van der Waals surface area contributed by atoms with Crippen LogP contribution in [0.4, 0.5) is 0 Å². The minimum Gasteiger partial charge on any atom is -0.497 e. The maximum atomic E-state index is 12.1. The third-order valence-corrected chi connectivity index (χ3v) is 3.82. The summed E-state index contributed by atoms with van der Waals surface area (Å²) < 4.78 is 5.11. The van der Waals surface area contributed by atoms with E-state index in [1.165, 1.54) is 0 Å². The van der Waals surface area contributed by atoms with E-state index in [0.717, 1.165) is 11.3 Å². The summed E-state index contributed by atoms with van der Waals surface area (Å²) >= 11 is 5.99. The molecule has 4 nitrogen and oxygen atoms in total. The van der Waals surface area contributed by atoms with Crippen LogP contribution in [0.25, 0.3) is 0 Å². The molecule has 0 aliphatic carbocycles. The summed E-state index contributed by atoms with van der Waals surface area (Å²) in [6, 6.07) is 14.3. The zero-order chi connectivity index (χ0) is 16.9. The van der Waals surface area contributed by atoms with Crippen LogP contribution in [0, 0.1) is 0 Å². The van der Waals surface area contributed by atoms with Gasteiger partial charge in [0.15, 0.2) is 0 Å². The summed E-state index contributed by atoms with van der Waals surface area (Å²) in [6.07, 6.45) is 0.416. The number of carbonyl (C=O) groups excluding carboxylic acids is 1. The van der Waals surface area contributed by atoms with Gasteiger partial charge in [-0.3, -0.25) is 4.79 Å². The quantitative estimate of drug-likeness (QED) is 0.854. The molecule has 0 saturated carbocycles. The number of benzene rings is 2. The van der Waals surface area contributed by atoms with Gasteiger partial charge < -0.3 is 15.2 Å². The summed E-state index contributed by atoms with van der Waals surface area (Å²) in [4.78, 5) is 12.1. The van der Waals surface area contributed by atoms with Crippen LogP contribution in [-0.4, -0.2) is 30.3 Å². The van der Waals surface area contributed by atoms with Gasteiger partial charge in [-0.05, 0) is 36.8 Å². The molecule has 1 amide bonds. The average molecular weight is 334 g/mol. The van der Waals surface area contributed by atoms with Gasteiger partial charge in [-0.15, -0.1) is 0 Å². The van der Waals surface area contributed by atoms with Crippen molar-refractivity contribution in [3.05, 3.63) is 64.7 Å². The molecule has 0 bridgehead atoms. The standard InChI is InChI=1S/C18H20ClNO3/c1-18(22,11-13-7-9-14(23-2)10-8-13)12-20-17(21)15-5-3-4-6-16(15)19/h3-10,22H,11-12H2,1-2H3,(H,20,21). The van der Waals surface area contributed by atoms with E-state index < -0.39 is 5.60 Å². The lowest BCUT2D eigenvalue weighted by molar-refractivity contribution is 0.0552. The highest BCUT2D eigenvalue weighted by molar-refractivity contribution is 6.33. The van der Waals surface area contributed by atoms with Crippen LogP contribution in [0.3, 0.4) is 0 Å². The molecule has 1 unspecified atom stereocenters. The minimum atomic E-state index is -1.06. The molecule has 0 aliphatic heterocycles. The van der Waals surface area contributed by atoms with Crippen molar-refractivity contribution in [2.24, 2.45) is 0 Å². The molecular formula is C18H20ClNO3. The fraction of sp³-hybridized carbons (Fsp3) is 0.278. The second-order valence-corrected chi connectivity index (χ2v) is 6.09. The smallest absolute Gasteiger partial charge is 0.252 e. The third kappa shape index (κ3) is 4.98. The Morgan fingerprint density at radius 1 is 1.22 bits per heavy atom. The Labute approximate surface area is 141 Å². The van der Waals surface area contributed by atoms with Crippen LogP contribution in [0.2, 0.25) is 5.02 Å². The van der Waals surface area contributed by atoms with E-state index >= 15 is 0 Å². The fourth-order valence-corrected chi connectivity index (χ4v) is 2.48. The van der Waals surface area contributed by atoms with E-state index in [2.05, 4.69) is 5.32 Å². The zero-order valence-corrected chi connectivity index (χ0v) is 13.9. The number of hydrogen-bond donors (Lipinski definition) is 2. The lowest BCUT2D eigenvalue weighted by Gasteiger charge is -2.24. The second-order valence-electron chi connectivity index (χ2n) is 5.68. The number of nitrogens with one attached hydrogen (secondary N) is 1. The summed E-state index contributed by atoms with van der Waals surface area (Å²) in [5.41, 5.74) is 0.295. The van der Waals surface area contributed by atoms with Gasteiger partial charge in [-0.1, -0.05) is 35.9 Å². The van der Waals surface area contributed by atoms with Crippen molar-refractivity contribution in [2.75, 3.05) is 13.7 Å². The Morgan fingerprint density at radius 3 is 2.48 bits per heavy atom. The molecule has 0 aliphatic rings. The molecule has 2 N–H and O–H groups in total. The van der Waals surface area contributed by atoms with Gasteiger partial charge in [0.25, 0.3) is 5.91 Å². The average Bonchev–Trinajstić information content (AvgIpc) is 2.53. The summed E-state index contributed by atoms with van der Waals surface area (Å²) in [6.45, 7) is 1.81. The van der Waals surface area contributed by atoms with Crippen molar-refractivity contribution in [2.45, 2.75) is 18.9 Å². The summed E-state index contributed by atoms with van der Waals surface area (Å²) in [7, 11) is 1.61. The molecule has 2 aromatic rings. The summed E-state index contributed by atoms with van der Waals surface area (Å²) in [5, 5.41) is 13.6. The topological polar surface area (TPSA) is 58.6 Å². The number of rotatable bonds is 6. The molecule has 1 atom stereocenters. The third-order valence-electron chi connectivity index (χ3n) is 3.49. The van der Waals surface area contributed by atoms with Gasteiger partial charge in [0.1, 0.15) is 5.75 Å². The number of ether oxygens (including phenoxy) is 1. The van der Waals surface area contributed by atoms with Crippen molar-refractivity contribution in [1.82, 2.24) is 5.32 Å². The second kappa shape index (κ2) is 7.49. The fourth-order valence-electron chi connectivity index (χ4n) is 2.26. The predicted octanol–water partition coefficient (Wildman–Crippen LogP) is 3.07. The molecule has 0 saturated heterocycles. The number of halogens is 1. The Morgan fingerprint density at radius 2 is 1.87 bits per heavy atom. The van der Waals surface area contributed by atoms with Gasteiger partial charge in [0.2, 0.25) is 0 Å². The predicted molar refractivity (Wildman–Crippen MR) is 91.1 cm³/mol. The number of methoxy groups -OCH3 is 1. The Kier molecular flexibility index (Phi) is 5.64. The van der Waals surface area contributed by atoms with Crippen molar-refractivity contribution < 1.29 is 14.6 Å². The SMILES string of the molecule is COc1ccc(CC(C)(O)CNC(=O)c2ccccc2Cl)cc1. The Bertz CT molecular complexity index is 668. The normalized spacial score (nSPS) is 13.2. The molecule has 2 aromatic carbocycles. The Hall–Kier alpha value is -2.04. The summed E-state index contributed by atoms with van der Waals surface area (Å²) in [5.74, 6) is 0.464. The van der Waals surface area contributed by atoms with Crippen LogP contribution < -0.4 is 10.1 Å². The molecule has 0 radical (unpaired) electrons. The number of aliphatic hydroxyl groups is 1. The van der Waals surface area contributed by atoms with Crippen molar-refractivity contribution in [3.63, 3.8) is 0 Å². The van der Waals surface area contributed by atoms with Crippen molar-refractivity contribution in [1.29, 1.82) is 0 Å². The van der Waals surface area contributed by atoms with E-state index in [1.807, 2.05) is 24.3 Å². The van der Waals surface area contributed by atoms with Gasteiger partial charge in [-0.2, -0.15) is 0 Å². The molecule has 0 spiro atoms.